The van der Waals surface area contributed by atoms with Crippen molar-refractivity contribution >= 4 is 12.6 Å². The van der Waals surface area contributed by atoms with Crippen LogP contribution in [0.15, 0.2) is 11.0 Å². The van der Waals surface area contributed by atoms with Gasteiger partial charge in [-0.2, -0.15) is 12.6 Å². The second-order valence-electron chi connectivity index (χ2n) is 4.50. The second-order valence-corrected chi connectivity index (χ2v) is 4.75. The molecule has 0 radical (unpaired) electrons. The molecule has 82 valence electrons. The Morgan fingerprint density at radius 2 is 2.07 bits per heavy atom. The van der Waals surface area contributed by atoms with Crippen molar-refractivity contribution < 1.29 is 0 Å². The Balaban J connectivity index is 2.29. The van der Waals surface area contributed by atoms with Crippen LogP contribution in [-0.2, 0) is 0 Å². The molecule has 0 aromatic carbocycles. The van der Waals surface area contributed by atoms with E-state index in [0.717, 1.165) is 12.5 Å². The van der Waals surface area contributed by atoms with Crippen LogP contribution in [0.4, 0.5) is 0 Å². The quantitative estimate of drug-likeness (QED) is 0.701. The van der Waals surface area contributed by atoms with Crippen molar-refractivity contribution in [3.05, 3.63) is 11.0 Å². The Hall–Kier alpha value is 0.0500. The fraction of sp³-hybridized carbons (Fsp3) is 0.833. The molecule has 0 saturated carbocycles. The summed E-state index contributed by atoms with van der Waals surface area (Å²) in [5, 5.41) is 2.00. The van der Waals surface area contributed by atoms with Crippen molar-refractivity contribution in [2.24, 2.45) is 5.92 Å². The summed E-state index contributed by atoms with van der Waals surface area (Å²) in [6, 6.07) is 0. The highest BCUT2D eigenvalue weighted by atomic mass is 32.1. The lowest BCUT2D eigenvalue weighted by Gasteiger charge is -2.30. The molecule has 1 nitrogen and oxygen atoms in total. The Labute approximate surface area is 94.0 Å². The van der Waals surface area contributed by atoms with Crippen LogP contribution in [0.3, 0.4) is 0 Å². The number of piperidine rings is 1. The van der Waals surface area contributed by atoms with E-state index >= 15 is 0 Å². The molecule has 0 bridgehead atoms. The highest BCUT2D eigenvalue weighted by Gasteiger charge is 2.15. The summed E-state index contributed by atoms with van der Waals surface area (Å²) in [7, 11) is 0. The third-order valence-corrected chi connectivity index (χ3v) is 3.42. The number of likely N-dealkylation sites (tertiary alicyclic amines) is 1. The number of thiol groups is 1. The van der Waals surface area contributed by atoms with E-state index in [1.165, 1.54) is 44.3 Å². The Morgan fingerprint density at radius 3 is 2.57 bits per heavy atom. The van der Waals surface area contributed by atoms with Crippen LogP contribution in [0.2, 0.25) is 0 Å². The van der Waals surface area contributed by atoms with E-state index in [9.17, 15) is 0 Å². The van der Waals surface area contributed by atoms with Crippen molar-refractivity contribution in [3.63, 3.8) is 0 Å². The zero-order chi connectivity index (χ0) is 10.4. The van der Waals surface area contributed by atoms with Crippen LogP contribution in [0.5, 0.6) is 0 Å². The summed E-state index contributed by atoms with van der Waals surface area (Å²) in [6.45, 7) is 8.28. The molecule has 2 heteroatoms. The topological polar surface area (TPSA) is 3.24 Å². The average Bonchev–Trinajstić information content (AvgIpc) is 2.20. The predicted octanol–water partition coefficient (Wildman–Crippen LogP) is 3.33. The zero-order valence-electron chi connectivity index (χ0n) is 9.50. The van der Waals surface area contributed by atoms with E-state index in [0.29, 0.717) is 0 Å². The fourth-order valence-corrected chi connectivity index (χ4v) is 2.22. The molecular weight excluding hydrogens is 190 g/mol. The number of rotatable bonds is 4. The maximum Gasteiger partial charge on any atom is 0.0200 e. The molecule has 0 spiro atoms. The average molecular weight is 213 g/mol. The molecule has 1 fully saturated rings. The van der Waals surface area contributed by atoms with E-state index < -0.39 is 0 Å². The molecule has 14 heavy (non-hydrogen) atoms. The molecule has 1 saturated heterocycles. The summed E-state index contributed by atoms with van der Waals surface area (Å²) in [5.74, 6) is 0.931. The molecule has 1 aliphatic rings. The van der Waals surface area contributed by atoms with Crippen molar-refractivity contribution in [2.45, 2.75) is 39.5 Å². The minimum absolute atomic E-state index is 0.931. The van der Waals surface area contributed by atoms with Gasteiger partial charge in [0, 0.05) is 6.54 Å². The van der Waals surface area contributed by atoms with Crippen LogP contribution >= 0.6 is 12.6 Å². The summed E-state index contributed by atoms with van der Waals surface area (Å²) >= 11 is 4.28. The Kier molecular flexibility index (Phi) is 5.64. The SMILES string of the molecule is CCC/C(=C\S)CN1CCC(C)CC1. The van der Waals surface area contributed by atoms with Crippen molar-refractivity contribution in [1.82, 2.24) is 4.90 Å². The molecule has 1 rings (SSSR count). The number of hydrogen-bond donors (Lipinski definition) is 1. The first-order chi connectivity index (χ1) is 6.76. The van der Waals surface area contributed by atoms with Crippen LogP contribution in [0.1, 0.15) is 39.5 Å². The standard InChI is InChI=1S/C12H23NS/c1-3-4-12(10-14)9-13-7-5-11(2)6-8-13/h10-11,14H,3-9H2,1-2H3/b12-10+. The van der Waals surface area contributed by atoms with E-state index in [-0.39, 0.29) is 0 Å². The van der Waals surface area contributed by atoms with Gasteiger partial charge in [-0.25, -0.2) is 0 Å². The van der Waals surface area contributed by atoms with Gasteiger partial charge in [-0.1, -0.05) is 25.8 Å². The minimum Gasteiger partial charge on any atom is -0.299 e. The molecule has 0 N–H and O–H groups in total. The van der Waals surface area contributed by atoms with Gasteiger partial charge in [-0.3, -0.25) is 4.90 Å². The number of nitrogens with zero attached hydrogens (tertiary/aromatic N) is 1. The van der Waals surface area contributed by atoms with E-state index in [2.05, 4.69) is 31.4 Å². The molecule has 1 heterocycles. The smallest absolute Gasteiger partial charge is 0.0200 e. The minimum atomic E-state index is 0.931. The lowest BCUT2D eigenvalue weighted by molar-refractivity contribution is 0.205. The van der Waals surface area contributed by atoms with Gasteiger partial charge in [0.2, 0.25) is 0 Å². The Bertz CT molecular complexity index is 181. The summed E-state index contributed by atoms with van der Waals surface area (Å²) in [6.07, 6.45) is 5.17. The van der Waals surface area contributed by atoms with E-state index in [4.69, 9.17) is 0 Å². The number of hydrogen-bond acceptors (Lipinski definition) is 2. The van der Waals surface area contributed by atoms with Crippen LogP contribution in [-0.4, -0.2) is 24.5 Å². The first-order valence-electron chi connectivity index (χ1n) is 5.80. The molecule has 0 atom stereocenters. The fourth-order valence-electron chi connectivity index (χ4n) is 2.01. The van der Waals surface area contributed by atoms with Gasteiger partial charge in [0.05, 0.1) is 0 Å². The maximum absolute atomic E-state index is 4.28. The second kappa shape index (κ2) is 6.52. The highest BCUT2D eigenvalue weighted by molar-refractivity contribution is 7.83. The predicted molar refractivity (Wildman–Crippen MR) is 66.8 cm³/mol. The van der Waals surface area contributed by atoms with Crippen LogP contribution < -0.4 is 0 Å². The Morgan fingerprint density at radius 1 is 1.43 bits per heavy atom. The molecule has 1 aliphatic heterocycles. The summed E-state index contributed by atoms with van der Waals surface area (Å²) in [5.41, 5.74) is 1.49. The van der Waals surface area contributed by atoms with Crippen molar-refractivity contribution in [1.29, 1.82) is 0 Å². The van der Waals surface area contributed by atoms with E-state index in [1.54, 1.807) is 0 Å². The van der Waals surface area contributed by atoms with Gasteiger partial charge in [0.15, 0.2) is 0 Å². The first kappa shape index (κ1) is 12.1. The lowest BCUT2D eigenvalue weighted by atomic mass is 9.98. The van der Waals surface area contributed by atoms with E-state index in [1.807, 2.05) is 5.41 Å². The summed E-state index contributed by atoms with van der Waals surface area (Å²) < 4.78 is 0. The van der Waals surface area contributed by atoms with Crippen molar-refractivity contribution in [3.8, 4) is 0 Å². The third-order valence-electron chi connectivity index (χ3n) is 3.06. The highest BCUT2D eigenvalue weighted by Crippen LogP contribution is 2.18. The third kappa shape index (κ3) is 4.05. The monoisotopic (exact) mass is 213 g/mol. The normalized spacial score (nSPS) is 21.5. The molecule has 0 aromatic rings. The van der Waals surface area contributed by atoms with Crippen molar-refractivity contribution in [2.75, 3.05) is 19.6 Å². The van der Waals surface area contributed by atoms with Crippen LogP contribution in [0.25, 0.3) is 0 Å². The zero-order valence-corrected chi connectivity index (χ0v) is 10.4. The molecule has 0 amide bonds. The molecule has 0 aromatic heterocycles. The van der Waals surface area contributed by atoms with Gasteiger partial charge >= 0.3 is 0 Å². The lowest BCUT2D eigenvalue weighted by Crippen LogP contribution is -2.34. The molecular formula is C12H23NS. The molecule has 0 unspecified atom stereocenters. The van der Waals surface area contributed by atoms with Gasteiger partial charge < -0.3 is 0 Å². The largest absolute Gasteiger partial charge is 0.299 e. The van der Waals surface area contributed by atoms with Gasteiger partial charge in [-0.15, -0.1) is 0 Å². The van der Waals surface area contributed by atoms with Gasteiger partial charge in [0.25, 0.3) is 0 Å². The van der Waals surface area contributed by atoms with Gasteiger partial charge in [0.1, 0.15) is 0 Å². The van der Waals surface area contributed by atoms with Gasteiger partial charge in [-0.05, 0) is 43.7 Å². The van der Waals surface area contributed by atoms with Crippen LogP contribution in [0, 0.1) is 5.92 Å². The first-order valence-corrected chi connectivity index (χ1v) is 6.32. The molecule has 0 aliphatic carbocycles. The maximum atomic E-state index is 4.28. The summed E-state index contributed by atoms with van der Waals surface area (Å²) in [4.78, 5) is 2.57.